The quantitative estimate of drug-likeness (QED) is 0.612. The van der Waals surface area contributed by atoms with Gasteiger partial charge in [0.05, 0.1) is 28.8 Å². The Bertz CT molecular complexity index is 969. The Morgan fingerprint density at radius 2 is 2.03 bits per heavy atom. The summed E-state index contributed by atoms with van der Waals surface area (Å²) >= 11 is 0. The Morgan fingerprint density at radius 3 is 2.76 bits per heavy atom. The predicted octanol–water partition coefficient (Wildman–Crippen LogP) is 3.04. The summed E-state index contributed by atoms with van der Waals surface area (Å²) in [4.78, 5) is 36.5. The van der Waals surface area contributed by atoms with Crippen LogP contribution in [0.3, 0.4) is 0 Å². The average molecular weight is 401 g/mol. The molecule has 2 amide bonds. The van der Waals surface area contributed by atoms with Crippen LogP contribution in [0.4, 0.5) is 21.6 Å². The average Bonchev–Trinajstić information content (AvgIpc) is 3.42. The molecule has 1 aromatic heterocycles. The van der Waals surface area contributed by atoms with Gasteiger partial charge in [-0.25, -0.2) is 4.68 Å². The van der Waals surface area contributed by atoms with Crippen LogP contribution in [-0.4, -0.2) is 33.1 Å². The molecule has 4 rings (SSSR count). The summed E-state index contributed by atoms with van der Waals surface area (Å²) in [7, 11) is 0. The van der Waals surface area contributed by atoms with E-state index in [9.17, 15) is 24.1 Å². The molecular formula is C19H20FN5O4. The van der Waals surface area contributed by atoms with Gasteiger partial charge in [0.1, 0.15) is 5.82 Å². The van der Waals surface area contributed by atoms with Crippen LogP contribution in [-0.2, 0) is 9.59 Å². The summed E-state index contributed by atoms with van der Waals surface area (Å²) < 4.78 is 15.4. The number of rotatable bonds is 5. The van der Waals surface area contributed by atoms with Crippen molar-refractivity contribution in [1.82, 2.24) is 9.78 Å². The van der Waals surface area contributed by atoms with Crippen LogP contribution in [0.1, 0.15) is 38.1 Å². The minimum atomic E-state index is -0.972. The van der Waals surface area contributed by atoms with Gasteiger partial charge in [-0.15, -0.1) is 0 Å². The van der Waals surface area contributed by atoms with E-state index in [-0.39, 0.29) is 36.5 Å². The number of nitro groups is 1. The van der Waals surface area contributed by atoms with E-state index >= 15 is 0 Å². The fourth-order valence-corrected chi connectivity index (χ4v) is 4.02. The minimum Gasteiger partial charge on any atom is -0.311 e. The summed E-state index contributed by atoms with van der Waals surface area (Å²) in [5.74, 6) is -1.63. The van der Waals surface area contributed by atoms with E-state index in [0.29, 0.717) is 5.82 Å². The van der Waals surface area contributed by atoms with Gasteiger partial charge < -0.3 is 10.2 Å². The number of carbonyl (C=O) groups is 2. The molecule has 1 unspecified atom stereocenters. The number of nitro benzene ring substituents is 1. The number of halogens is 1. The first kappa shape index (κ1) is 19.0. The van der Waals surface area contributed by atoms with Gasteiger partial charge in [0.15, 0.2) is 0 Å². The first-order chi connectivity index (χ1) is 13.9. The molecule has 2 aliphatic rings. The highest BCUT2D eigenvalue weighted by atomic mass is 19.1. The highest BCUT2D eigenvalue weighted by Gasteiger charge is 2.36. The molecule has 1 aromatic carbocycles. The number of hydrogen-bond donors (Lipinski definition) is 1. The molecule has 1 aliphatic carbocycles. The highest BCUT2D eigenvalue weighted by Crippen LogP contribution is 2.32. The molecule has 1 N–H and O–H groups in total. The van der Waals surface area contributed by atoms with Crippen molar-refractivity contribution in [2.45, 2.75) is 38.1 Å². The number of nitrogens with zero attached hydrogens (tertiary/aromatic N) is 4. The van der Waals surface area contributed by atoms with Crippen molar-refractivity contribution in [3.05, 3.63) is 46.4 Å². The van der Waals surface area contributed by atoms with E-state index in [1.807, 2.05) is 4.68 Å². The summed E-state index contributed by atoms with van der Waals surface area (Å²) in [5, 5.41) is 18.1. The minimum absolute atomic E-state index is 0.0193. The highest BCUT2D eigenvalue weighted by molar-refractivity contribution is 6.03. The van der Waals surface area contributed by atoms with Gasteiger partial charge in [-0.3, -0.25) is 19.7 Å². The molecule has 9 nitrogen and oxygen atoms in total. The SMILES string of the molecule is O=C(Nc1ccnn1C1CCCC1)C1CC(=O)N(c2ccc(F)c([N+](=O)[O-])c2)C1. The maximum absolute atomic E-state index is 13.6. The Hall–Kier alpha value is -3.30. The zero-order valence-electron chi connectivity index (χ0n) is 15.6. The Balaban J connectivity index is 1.47. The lowest BCUT2D eigenvalue weighted by atomic mass is 10.1. The Kier molecular flexibility index (Phi) is 4.99. The Labute approximate surface area is 165 Å². The van der Waals surface area contributed by atoms with Gasteiger partial charge in [0.2, 0.25) is 17.6 Å². The van der Waals surface area contributed by atoms with E-state index < -0.39 is 22.3 Å². The van der Waals surface area contributed by atoms with Crippen LogP contribution < -0.4 is 10.2 Å². The van der Waals surface area contributed by atoms with Gasteiger partial charge in [0, 0.05) is 25.1 Å². The van der Waals surface area contributed by atoms with Crippen molar-refractivity contribution in [2.75, 3.05) is 16.8 Å². The third-order valence-corrected chi connectivity index (χ3v) is 5.53. The number of amides is 2. The Morgan fingerprint density at radius 1 is 1.28 bits per heavy atom. The smallest absolute Gasteiger partial charge is 0.306 e. The number of nitrogens with one attached hydrogen (secondary N) is 1. The molecule has 1 atom stereocenters. The standard InChI is InChI=1S/C19H20FN5O4/c20-15-6-5-14(10-16(15)25(28)29)23-11-12(9-18(23)26)19(27)22-17-7-8-21-24(17)13-3-1-2-4-13/h5-8,10,12-13H,1-4,9,11H2,(H,22,27). The van der Waals surface area contributed by atoms with Gasteiger partial charge in [-0.05, 0) is 25.0 Å². The number of aromatic nitrogens is 2. The fraction of sp³-hybridized carbons (Fsp3) is 0.421. The number of hydrogen-bond acceptors (Lipinski definition) is 5. The van der Waals surface area contributed by atoms with Crippen molar-refractivity contribution in [1.29, 1.82) is 0 Å². The molecule has 1 saturated heterocycles. The molecule has 0 radical (unpaired) electrons. The van der Waals surface area contributed by atoms with Gasteiger partial charge in [0.25, 0.3) is 0 Å². The van der Waals surface area contributed by atoms with Crippen LogP contribution in [0, 0.1) is 21.8 Å². The molecule has 0 spiro atoms. The number of benzene rings is 1. The second-order valence-electron chi connectivity index (χ2n) is 7.39. The van der Waals surface area contributed by atoms with Gasteiger partial charge in [-0.2, -0.15) is 9.49 Å². The summed E-state index contributed by atoms with van der Waals surface area (Å²) in [5.41, 5.74) is -0.502. The topological polar surface area (TPSA) is 110 Å². The lowest BCUT2D eigenvalue weighted by Gasteiger charge is -2.18. The summed E-state index contributed by atoms with van der Waals surface area (Å²) in [6.07, 6.45) is 5.92. The molecule has 2 aromatic rings. The second-order valence-corrected chi connectivity index (χ2v) is 7.39. The molecular weight excluding hydrogens is 381 g/mol. The predicted molar refractivity (Wildman–Crippen MR) is 102 cm³/mol. The van der Waals surface area contributed by atoms with Gasteiger partial charge >= 0.3 is 5.69 Å². The molecule has 1 saturated carbocycles. The maximum Gasteiger partial charge on any atom is 0.306 e. The lowest BCUT2D eigenvalue weighted by molar-refractivity contribution is -0.387. The number of anilines is 2. The fourth-order valence-electron chi connectivity index (χ4n) is 4.02. The lowest BCUT2D eigenvalue weighted by Crippen LogP contribution is -2.29. The monoisotopic (exact) mass is 401 g/mol. The van der Waals surface area contributed by atoms with Crippen LogP contribution in [0.15, 0.2) is 30.5 Å². The zero-order chi connectivity index (χ0) is 20.5. The third kappa shape index (κ3) is 3.69. The van der Waals surface area contributed by atoms with Crippen molar-refractivity contribution < 1.29 is 18.9 Å². The van der Waals surface area contributed by atoms with Crippen molar-refractivity contribution in [3.8, 4) is 0 Å². The van der Waals surface area contributed by atoms with Crippen LogP contribution in [0.5, 0.6) is 0 Å². The molecule has 2 fully saturated rings. The molecule has 1 aliphatic heterocycles. The van der Waals surface area contributed by atoms with E-state index in [2.05, 4.69) is 10.4 Å². The maximum atomic E-state index is 13.6. The summed E-state index contributed by atoms with van der Waals surface area (Å²) in [6.45, 7) is 0.0744. The van der Waals surface area contributed by atoms with Crippen molar-refractivity contribution in [2.24, 2.45) is 5.92 Å². The molecule has 152 valence electrons. The second kappa shape index (κ2) is 7.61. The van der Waals surface area contributed by atoms with Crippen LogP contribution in [0.25, 0.3) is 0 Å². The van der Waals surface area contributed by atoms with E-state index in [1.54, 1.807) is 12.3 Å². The van der Waals surface area contributed by atoms with E-state index in [4.69, 9.17) is 0 Å². The first-order valence-electron chi connectivity index (χ1n) is 9.52. The molecule has 2 heterocycles. The molecule has 0 bridgehead atoms. The zero-order valence-corrected chi connectivity index (χ0v) is 15.6. The third-order valence-electron chi connectivity index (χ3n) is 5.53. The van der Waals surface area contributed by atoms with Crippen molar-refractivity contribution in [3.63, 3.8) is 0 Å². The van der Waals surface area contributed by atoms with Crippen molar-refractivity contribution >= 4 is 29.0 Å². The van der Waals surface area contributed by atoms with E-state index in [1.165, 1.54) is 11.0 Å². The molecule has 10 heteroatoms. The van der Waals surface area contributed by atoms with Gasteiger partial charge in [-0.1, -0.05) is 12.8 Å². The number of carbonyl (C=O) groups excluding carboxylic acids is 2. The normalized spacial score (nSPS) is 19.7. The summed E-state index contributed by atoms with van der Waals surface area (Å²) in [6, 6.07) is 5.27. The van der Waals surface area contributed by atoms with E-state index in [0.717, 1.165) is 37.8 Å². The van der Waals surface area contributed by atoms with Crippen LogP contribution in [0.2, 0.25) is 0 Å². The molecule has 29 heavy (non-hydrogen) atoms. The first-order valence-corrected chi connectivity index (χ1v) is 9.52. The largest absolute Gasteiger partial charge is 0.311 e. The van der Waals surface area contributed by atoms with Crippen LogP contribution >= 0.6 is 0 Å².